The number of hydrogen-bond acceptors (Lipinski definition) is 2. The fourth-order valence-corrected chi connectivity index (χ4v) is 0.833. The number of aliphatic imine (C=N–C) groups is 1. The predicted octanol–water partition coefficient (Wildman–Crippen LogP) is 2.31. The van der Waals surface area contributed by atoms with Gasteiger partial charge in [0.25, 0.3) is 0 Å². The highest BCUT2D eigenvalue weighted by atomic mass is 14.7. The molecular weight excluding hydrogens is 136 g/mol. The molecule has 0 heterocycles. The van der Waals surface area contributed by atoms with E-state index in [1.807, 2.05) is 6.92 Å². The Hall–Kier alpha value is -0.790. The number of nitrogens with zero attached hydrogens (tertiary/aromatic N) is 1. The van der Waals surface area contributed by atoms with Crippen LogP contribution in [0.2, 0.25) is 0 Å². The van der Waals surface area contributed by atoms with Crippen LogP contribution in [0.3, 0.4) is 0 Å². The van der Waals surface area contributed by atoms with Crippen molar-refractivity contribution >= 4 is 5.71 Å². The molecule has 0 aliphatic rings. The topological polar surface area (TPSA) is 38.4 Å². The minimum absolute atomic E-state index is 0.524. The molecule has 0 saturated carbocycles. The molecule has 2 N–H and O–H groups in total. The van der Waals surface area contributed by atoms with Crippen LogP contribution < -0.4 is 5.73 Å². The van der Waals surface area contributed by atoms with E-state index in [4.69, 9.17) is 5.73 Å². The summed E-state index contributed by atoms with van der Waals surface area (Å²) >= 11 is 0. The zero-order valence-electron chi connectivity index (χ0n) is 7.89. The monoisotopic (exact) mass is 154 g/mol. The zero-order chi connectivity index (χ0) is 8.85. The lowest BCUT2D eigenvalue weighted by Crippen LogP contribution is -2.05. The minimum atomic E-state index is 0.524. The van der Waals surface area contributed by atoms with Crippen molar-refractivity contribution in [3.8, 4) is 0 Å². The van der Waals surface area contributed by atoms with Crippen LogP contribution in [0.15, 0.2) is 16.9 Å². The molecule has 0 aromatic carbocycles. The van der Waals surface area contributed by atoms with Crippen LogP contribution >= 0.6 is 0 Å². The second-order valence-corrected chi connectivity index (χ2v) is 3.00. The number of rotatable bonds is 3. The summed E-state index contributed by atoms with van der Waals surface area (Å²) in [5.74, 6) is 0.524. The van der Waals surface area contributed by atoms with E-state index in [1.54, 1.807) is 6.20 Å². The number of hydrogen-bond donors (Lipinski definition) is 1. The lowest BCUT2D eigenvalue weighted by Gasteiger charge is -2.04. The molecule has 0 radical (unpaired) electrons. The van der Waals surface area contributed by atoms with Gasteiger partial charge in [0.15, 0.2) is 0 Å². The number of nitrogens with two attached hydrogens (primary N) is 1. The Kier molecular flexibility index (Phi) is 4.59. The first kappa shape index (κ1) is 10.2. The van der Waals surface area contributed by atoms with E-state index in [1.165, 1.54) is 5.71 Å². The van der Waals surface area contributed by atoms with Crippen molar-refractivity contribution in [1.29, 1.82) is 0 Å². The van der Waals surface area contributed by atoms with Gasteiger partial charge in [-0.2, -0.15) is 0 Å². The Morgan fingerprint density at radius 3 is 2.36 bits per heavy atom. The maximum absolute atomic E-state index is 5.45. The van der Waals surface area contributed by atoms with Gasteiger partial charge in [-0.05, 0) is 19.3 Å². The van der Waals surface area contributed by atoms with Gasteiger partial charge < -0.3 is 5.73 Å². The van der Waals surface area contributed by atoms with Crippen LogP contribution in [0, 0.1) is 5.92 Å². The van der Waals surface area contributed by atoms with E-state index in [0.717, 1.165) is 12.1 Å². The summed E-state index contributed by atoms with van der Waals surface area (Å²) < 4.78 is 0. The molecule has 0 aromatic heterocycles. The van der Waals surface area contributed by atoms with Crippen LogP contribution in [-0.2, 0) is 0 Å². The summed E-state index contributed by atoms with van der Waals surface area (Å²) in [4.78, 5) is 4.27. The normalized spacial score (nSPS) is 14.3. The first-order valence-corrected chi connectivity index (χ1v) is 4.06. The quantitative estimate of drug-likeness (QED) is 0.622. The Morgan fingerprint density at radius 1 is 1.55 bits per heavy atom. The summed E-state index contributed by atoms with van der Waals surface area (Å²) in [7, 11) is 0. The molecule has 0 saturated heterocycles. The van der Waals surface area contributed by atoms with E-state index in [2.05, 4.69) is 25.8 Å². The standard InChI is InChI=1S/C9H18N2/c1-5-9(7(2)3)11-6-8(4)10/h6-7H,5,10H2,1-4H3/b8-6-,11-9?. The van der Waals surface area contributed by atoms with Crippen molar-refractivity contribution < 1.29 is 0 Å². The smallest absolute Gasteiger partial charge is 0.0451 e. The van der Waals surface area contributed by atoms with E-state index >= 15 is 0 Å². The Labute approximate surface area is 69.2 Å². The van der Waals surface area contributed by atoms with Crippen molar-refractivity contribution in [1.82, 2.24) is 0 Å². The minimum Gasteiger partial charge on any atom is -0.401 e. The highest BCUT2D eigenvalue weighted by Gasteiger charge is 1.99. The van der Waals surface area contributed by atoms with Crippen LogP contribution in [0.4, 0.5) is 0 Å². The third-order valence-corrected chi connectivity index (χ3v) is 1.46. The predicted molar refractivity (Wildman–Crippen MR) is 50.5 cm³/mol. The van der Waals surface area contributed by atoms with E-state index < -0.39 is 0 Å². The summed E-state index contributed by atoms with van der Waals surface area (Å²) in [6, 6.07) is 0. The average Bonchev–Trinajstić information content (AvgIpc) is 1.87. The molecule has 11 heavy (non-hydrogen) atoms. The molecule has 2 heteroatoms. The van der Waals surface area contributed by atoms with Crippen LogP contribution in [0.5, 0.6) is 0 Å². The third kappa shape index (κ3) is 4.59. The highest BCUT2D eigenvalue weighted by molar-refractivity contribution is 5.86. The fourth-order valence-electron chi connectivity index (χ4n) is 0.833. The van der Waals surface area contributed by atoms with Crippen molar-refractivity contribution in [2.45, 2.75) is 34.1 Å². The molecule has 0 aromatic rings. The van der Waals surface area contributed by atoms with E-state index in [0.29, 0.717) is 5.92 Å². The van der Waals surface area contributed by atoms with Gasteiger partial charge in [-0.1, -0.05) is 20.8 Å². The van der Waals surface area contributed by atoms with Crippen LogP contribution in [-0.4, -0.2) is 5.71 Å². The van der Waals surface area contributed by atoms with Gasteiger partial charge in [-0.15, -0.1) is 0 Å². The van der Waals surface area contributed by atoms with E-state index in [-0.39, 0.29) is 0 Å². The molecular formula is C9H18N2. The number of allylic oxidation sites excluding steroid dienone is 1. The van der Waals surface area contributed by atoms with Crippen LogP contribution in [0.1, 0.15) is 34.1 Å². The van der Waals surface area contributed by atoms with Gasteiger partial charge >= 0.3 is 0 Å². The lowest BCUT2D eigenvalue weighted by molar-refractivity contribution is 0.856. The fraction of sp³-hybridized carbons (Fsp3) is 0.667. The van der Waals surface area contributed by atoms with Crippen molar-refractivity contribution in [3.05, 3.63) is 11.9 Å². The summed E-state index contributed by atoms with van der Waals surface area (Å²) in [6.07, 6.45) is 2.72. The summed E-state index contributed by atoms with van der Waals surface area (Å²) in [6.45, 7) is 8.24. The molecule has 0 fully saturated rings. The van der Waals surface area contributed by atoms with Crippen molar-refractivity contribution in [2.24, 2.45) is 16.6 Å². The second-order valence-electron chi connectivity index (χ2n) is 3.00. The molecule has 0 amide bonds. The van der Waals surface area contributed by atoms with Gasteiger partial charge in [-0.3, -0.25) is 4.99 Å². The highest BCUT2D eigenvalue weighted by Crippen LogP contribution is 2.01. The lowest BCUT2D eigenvalue weighted by atomic mass is 10.1. The van der Waals surface area contributed by atoms with Gasteiger partial charge in [-0.25, -0.2) is 0 Å². The molecule has 0 aliphatic heterocycles. The molecule has 2 nitrogen and oxygen atoms in total. The van der Waals surface area contributed by atoms with Crippen molar-refractivity contribution in [3.63, 3.8) is 0 Å². The first-order valence-electron chi connectivity index (χ1n) is 4.06. The molecule has 0 rings (SSSR count). The van der Waals surface area contributed by atoms with E-state index in [9.17, 15) is 0 Å². The summed E-state index contributed by atoms with van der Waals surface area (Å²) in [5.41, 5.74) is 7.41. The Morgan fingerprint density at radius 2 is 2.09 bits per heavy atom. The molecule has 0 unspecified atom stereocenters. The largest absolute Gasteiger partial charge is 0.401 e. The van der Waals surface area contributed by atoms with Gasteiger partial charge in [0.05, 0.1) is 0 Å². The summed E-state index contributed by atoms with van der Waals surface area (Å²) in [5, 5.41) is 0. The van der Waals surface area contributed by atoms with Gasteiger partial charge in [0.1, 0.15) is 0 Å². The maximum Gasteiger partial charge on any atom is 0.0451 e. The maximum atomic E-state index is 5.45. The molecule has 0 aliphatic carbocycles. The molecule has 64 valence electrons. The van der Waals surface area contributed by atoms with Crippen LogP contribution in [0.25, 0.3) is 0 Å². The molecule has 0 atom stereocenters. The first-order chi connectivity index (χ1) is 5.07. The Balaban J connectivity index is 4.24. The average molecular weight is 154 g/mol. The second kappa shape index (κ2) is 4.94. The zero-order valence-corrected chi connectivity index (χ0v) is 7.89. The Bertz CT molecular complexity index is 162. The van der Waals surface area contributed by atoms with Gasteiger partial charge in [0, 0.05) is 17.6 Å². The third-order valence-electron chi connectivity index (χ3n) is 1.46. The molecule has 0 bridgehead atoms. The van der Waals surface area contributed by atoms with Crippen molar-refractivity contribution in [2.75, 3.05) is 0 Å². The SMILES string of the molecule is CCC(=N/C=C(/C)N)C(C)C. The van der Waals surface area contributed by atoms with Gasteiger partial charge in [0.2, 0.25) is 0 Å². The molecule has 0 spiro atoms.